The fraction of sp³-hybridized carbons (Fsp3) is 0.464. The Bertz CT molecular complexity index is 990. The van der Waals surface area contributed by atoms with Crippen molar-refractivity contribution in [3.8, 4) is 11.1 Å². The monoisotopic (exact) mass is 480 g/mol. The Balaban J connectivity index is 1.55. The molecule has 1 aliphatic carbocycles. The minimum Gasteiger partial charge on any atom is -0.481 e. The molecule has 0 bridgehead atoms. The molecule has 1 atom stereocenters. The molecular weight excluding hydrogens is 444 g/mol. The van der Waals surface area contributed by atoms with Gasteiger partial charge in [0.1, 0.15) is 6.61 Å². The maximum Gasteiger partial charge on any atom is 0.407 e. The Morgan fingerprint density at radius 2 is 1.63 bits per heavy atom. The van der Waals surface area contributed by atoms with Crippen molar-refractivity contribution in [2.45, 2.75) is 46.0 Å². The zero-order valence-corrected chi connectivity index (χ0v) is 20.8. The number of hydrogen-bond acceptors (Lipinski definition) is 4. The lowest BCUT2D eigenvalue weighted by Crippen LogP contribution is -2.37. The fourth-order valence-electron chi connectivity index (χ4n) is 4.85. The number of carboxylic acid groups (broad SMARTS) is 1. The van der Waals surface area contributed by atoms with Crippen molar-refractivity contribution < 1.29 is 24.2 Å². The molecule has 2 N–H and O–H groups in total. The SMILES string of the molecule is CCN(CCC(=O)O)C(=O)CC(CNC(=O)OCC1c2ccccc2-c2ccccc21)CC(C)C. The van der Waals surface area contributed by atoms with E-state index in [2.05, 4.69) is 43.4 Å². The van der Waals surface area contributed by atoms with E-state index in [0.29, 0.717) is 19.0 Å². The largest absolute Gasteiger partial charge is 0.481 e. The van der Waals surface area contributed by atoms with E-state index in [1.54, 1.807) is 4.90 Å². The highest BCUT2D eigenvalue weighted by atomic mass is 16.5. The van der Waals surface area contributed by atoms with E-state index in [4.69, 9.17) is 9.84 Å². The average Bonchev–Trinajstić information content (AvgIpc) is 3.15. The van der Waals surface area contributed by atoms with Crippen molar-refractivity contribution in [1.29, 1.82) is 0 Å². The molecule has 2 amide bonds. The topological polar surface area (TPSA) is 95.9 Å². The molecule has 188 valence electrons. The van der Waals surface area contributed by atoms with Crippen LogP contribution in [0.4, 0.5) is 4.79 Å². The van der Waals surface area contributed by atoms with Crippen LogP contribution in [-0.4, -0.2) is 54.2 Å². The van der Waals surface area contributed by atoms with E-state index in [-0.39, 0.29) is 43.7 Å². The van der Waals surface area contributed by atoms with Gasteiger partial charge in [0.05, 0.1) is 6.42 Å². The number of carboxylic acids is 1. The summed E-state index contributed by atoms with van der Waals surface area (Å²) in [7, 11) is 0. The summed E-state index contributed by atoms with van der Waals surface area (Å²) in [4.78, 5) is 37.8. The van der Waals surface area contributed by atoms with Gasteiger partial charge in [-0.1, -0.05) is 62.4 Å². The molecular formula is C28H36N2O5. The van der Waals surface area contributed by atoms with Crippen LogP contribution in [0.1, 0.15) is 57.1 Å². The van der Waals surface area contributed by atoms with Gasteiger partial charge in [-0.15, -0.1) is 0 Å². The van der Waals surface area contributed by atoms with Gasteiger partial charge in [0.15, 0.2) is 0 Å². The van der Waals surface area contributed by atoms with Crippen LogP contribution in [0.25, 0.3) is 11.1 Å². The number of nitrogens with zero attached hydrogens (tertiary/aromatic N) is 1. The van der Waals surface area contributed by atoms with Gasteiger partial charge in [0.25, 0.3) is 0 Å². The molecule has 7 nitrogen and oxygen atoms in total. The molecule has 7 heteroatoms. The number of amides is 2. The Hall–Kier alpha value is -3.35. The minimum absolute atomic E-state index is 0.00598. The number of carbonyl (C=O) groups is 3. The van der Waals surface area contributed by atoms with Crippen LogP contribution in [0.2, 0.25) is 0 Å². The second-order valence-electron chi connectivity index (χ2n) is 9.52. The third kappa shape index (κ3) is 7.07. The van der Waals surface area contributed by atoms with Gasteiger partial charge >= 0.3 is 12.1 Å². The molecule has 2 aromatic carbocycles. The van der Waals surface area contributed by atoms with Gasteiger partial charge < -0.3 is 20.1 Å². The minimum atomic E-state index is -0.924. The molecule has 0 aliphatic heterocycles. The smallest absolute Gasteiger partial charge is 0.407 e. The van der Waals surface area contributed by atoms with E-state index in [1.165, 1.54) is 11.1 Å². The van der Waals surface area contributed by atoms with Crippen molar-refractivity contribution in [1.82, 2.24) is 10.2 Å². The van der Waals surface area contributed by atoms with Crippen LogP contribution in [-0.2, 0) is 14.3 Å². The van der Waals surface area contributed by atoms with E-state index in [1.807, 2.05) is 31.2 Å². The Morgan fingerprint density at radius 3 is 2.17 bits per heavy atom. The van der Waals surface area contributed by atoms with Crippen molar-refractivity contribution in [3.63, 3.8) is 0 Å². The van der Waals surface area contributed by atoms with Crippen LogP contribution in [0.5, 0.6) is 0 Å². The molecule has 0 saturated carbocycles. The normalized spacial score (nSPS) is 13.1. The zero-order chi connectivity index (χ0) is 25.4. The van der Waals surface area contributed by atoms with Gasteiger partial charge in [0, 0.05) is 32.0 Å². The number of hydrogen-bond donors (Lipinski definition) is 2. The number of rotatable bonds is 12. The maximum atomic E-state index is 12.7. The first-order valence-electron chi connectivity index (χ1n) is 12.4. The second kappa shape index (κ2) is 12.4. The maximum absolute atomic E-state index is 12.7. The van der Waals surface area contributed by atoms with Crippen molar-refractivity contribution in [3.05, 3.63) is 59.7 Å². The highest BCUT2D eigenvalue weighted by molar-refractivity contribution is 5.79. The molecule has 0 spiro atoms. The highest BCUT2D eigenvalue weighted by Crippen LogP contribution is 2.44. The molecule has 3 rings (SSSR count). The molecule has 0 fully saturated rings. The van der Waals surface area contributed by atoms with Crippen LogP contribution in [0.15, 0.2) is 48.5 Å². The van der Waals surface area contributed by atoms with Gasteiger partial charge in [-0.2, -0.15) is 0 Å². The van der Waals surface area contributed by atoms with Crippen LogP contribution < -0.4 is 5.32 Å². The molecule has 1 unspecified atom stereocenters. The molecule has 35 heavy (non-hydrogen) atoms. The van der Waals surface area contributed by atoms with Crippen LogP contribution in [0.3, 0.4) is 0 Å². The number of fused-ring (bicyclic) bond motifs is 3. The first-order valence-corrected chi connectivity index (χ1v) is 12.4. The zero-order valence-electron chi connectivity index (χ0n) is 20.8. The van der Waals surface area contributed by atoms with Gasteiger partial charge in [-0.05, 0) is 47.4 Å². The Morgan fingerprint density at radius 1 is 1.03 bits per heavy atom. The van der Waals surface area contributed by atoms with Gasteiger partial charge in [-0.3, -0.25) is 9.59 Å². The Kier molecular flexibility index (Phi) is 9.29. The number of benzene rings is 2. The Labute approximate surface area is 207 Å². The summed E-state index contributed by atoms with van der Waals surface area (Å²) >= 11 is 0. The van der Waals surface area contributed by atoms with Crippen LogP contribution >= 0.6 is 0 Å². The molecule has 0 aromatic heterocycles. The van der Waals surface area contributed by atoms with Crippen LogP contribution in [0, 0.1) is 11.8 Å². The molecule has 2 aromatic rings. The predicted molar refractivity (Wildman–Crippen MR) is 135 cm³/mol. The first-order chi connectivity index (χ1) is 16.8. The summed E-state index contributed by atoms with van der Waals surface area (Å²) in [6, 6.07) is 16.4. The van der Waals surface area contributed by atoms with E-state index in [9.17, 15) is 14.4 Å². The van der Waals surface area contributed by atoms with E-state index >= 15 is 0 Å². The second-order valence-corrected chi connectivity index (χ2v) is 9.52. The summed E-state index contributed by atoms with van der Waals surface area (Å²) < 4.78 is 5.62. The van der Waals surface area contributed by atoms with E-state index in [0.717, 1.165) is 17.5 Å². The number of carbonyl (C=O) groups excluding carboxylic acids is 2. The first kappa shape index (κ1) is 26.3. The summed E-state index contributed by atoms with van der Waals surface area (Å²) in [6.07, 6.45) is 0.458. The van der Waals surface area contributed by atoms with E-state index < -0.39 is 12.1 Å². The lowest BCUT2D eigenvalue weighted by atomic mass is 9.93. The van der Waals surface area contributed by atoms with Gasteiger partial charge in [0.2, 0.25) is 5.91 Å². The standard InChI is InChI=1S/C28H36N2O5/c1-4-30(14-13-27(32)33)26(31)16-20(15-19(2)3)17-29-28(34)35-18-25-23-11-7-5-9-21(23)22-10-6-8-12-24(22)25/h5-12,19-20,25H,4,13-18H2,1-3H3,(H,29,34)(H,32,33). The third-order valence-electron chi connectivity index (χ3n) is 6.48. The van der Waals surface area contributed by atoms with Crippen molar-refractivity contribution in [2.75, 3.05) is 26.2 Å². The summed E-state index contributed by atoms with van der Waals surface area (Å²) in [6.45, 7) is 7.22. The molecule has 0 heterocycles. The molecule has 0 saturated heterocycles. The van der Waals surface area contributed by atoms with Crippen molar-refractivity contribution in [2.24, 2.45) is 11.8 Å². The number of alkyl carbamates (subject to hydrolysis) is 1. The number of aliphatic carboxylic acids is 1. The van der Waals surface area contributed by atoms with Gasteiger partial charge in [-0.25, -0.2) is 4.79 Å². The molecule has 1 aliphatic rings. The third-order valence-corrected chi connectivity index (χ3v) is 6.48. The number of ether oxygens (including phenoxy) is 1. The molecule has 0 radical (unpaired) electrons. The quantitative estimate of drug-likeness (QED) is 0.450. The summed E-state index contributed by atoms with van der Waals surface area (Å²) in [5.41, 5.74) is 4.67. The number of nitrogens with one attached hydrogen (secondary N) is 1. The highest BCUT2D eigenvalue weighted by Gasteiger charge is 2.29. The van der Waals surface area contributed by atoms with Crippen molar-refractivity contribution >= 4 is 18.0 Å². The lowest BCUT2D eigenvalue weighted by molar-refractivity contribution is -0.138. The summed E-state index contributed by atoms with van der Waals surface area (Å²) in [5, 5.41) is 11.8. The average molecular weight is 481 g/mol. The fourth-order valence-corrected chi connectivity index (χ4v) is 4.85. The summed E-state index contributed by atoms with van der Waals surface area (Å²) in [5.74, 6) is -0.720. The lowest BCUT2D eigenvalue weighted by Gasteiger charge is -2.25. The predicted octanol–water partition coefficient (Wildman–Crippen LogP) is 4.90.